The van der Waals surface area contributed by atoms with Crippen molar-refractivity contribution in [1.82, 2.24) is 5.32 Å². The Morgan fingerprint density at radius 3 is 2.47 bits per heavy atom. The van der Waals surface area contributed by atoms with Crippen LogP contribution in [0.25, 0.3) is 0 Å². The van der Waals surface area contributed by atoms with E-state index in [9.17, 15) is 20.1 Å². The molecule has 1 saturated heterocycles. The minimum atomic E-state index is -1.30. The molecule has 6 nitrogen and oxygen atoms in total. The predicted octanol–water partition coefficient (Wildman–Crippen LogP) is -1.63. The van der Waals surface area contributed by atoms with Crippen LogP contribution in [-0.4, -0.2) is 56.3 Å². The quantitative estimate of drug-likeness (QED) is 0.360. The molecule has 0 unspecified atom stereocenters. The smallest absolute Gasteiger partial charge is 0.217 e. The average molecular weight is 331 g/mol. The molecular formula is C8H14INO5. The molecule has 1 rings (SSSR count). The fraction of sp³-hybridized carbons (Fsp3) is 0.875. The highest BCUT2D eigenvalue weighted by atomic mass is 127. The summed E-state index contributed by atoms with van der Waals surface area (Å²) in [5.74, 6) is -0.401. The molecule has 0 bridgehead atoms. The highest BCUT2D eigenvalue weighted by Gasteiger charge is 2.43. The standard InChI is InChI=1S/C8H14INO5/c1-3(11)10-5-7(13)6(12)4(2-9)15-8(5)14/h4-8,12-14H,2H2,1H3,(H,10,11)/t4-,5-,6-,7-,8-/m1/s1. The third-order valence-corrected chi connectivity index (χ3v) is 3.11. The van der Waals surface area contributed by atoms with Gasteiger partial charge in [0.2, 0.25) is 5.91 Å². The van der Waals surface area contributed by atoms with Crippen LogP contribution in [0.4, 0.5) is 0 Å². The minimum Gasteiger partial charge on any atom is -0.388 e. The van der Waals surface area contributed by atoms with Gasteiger partial charge in [-0.25, -0.2) is 0 Å². The molecule has 1 heterocycles. The van der Waals surface area contributed by atoms with Crippen molar-refractivity contribution in [2.45, 2.75) is 37.6 Å². The first kappa shape index (κ1) is 13.1. The number of carbonyl (C=O) groups is 1. The highest BCUT2D eigenvalue weighted by molar-refractivity contribution is 14.1. The van der Waals surface area contributed by atoms with Crippen LogP contribution < -0.4 is 5.32 Å². The van der Waals surface area contributed by atoms with Gasteiger partial charge in [0.1, 0.15) is 18.2 Å². The molecule has 1 amide bonds. The van der Waals surface area contributed by atoms with E-state index in [1.165, 1.54) is 6.92 Å². The lowest BCUT2D eigenvalue weighted by molar-refractivity contribution is -0.240. The lowest BCUT2D eigenvalue weighted by Crippen LogP contribution is -2.63. The number of ether oxygens (including phenoxy) is 1. The van der Waals surface area contributed by atoms with Gasteiger partial charge < -0.3 is 25.4 Å². The fourth-order valence-electron chi connectivity index (χ4n) is 1.46. The number of carbonyl (C=O) groups excluding carboxylic acids is 1. The van der Waals surface area contributed by atoms with E-state index < -0.39 is 36.6 Å². The van der Waals surface area contributed by atoms with Gasteiger partial charge in [-0.1, -0.05) is 22.6 Å². The molecule has 0 radical (unpaired) electrons. The molecule has 1 aliphatic rings. The first-order chi connectivity index (χ1) is 6.97. The maximum atomic E-state index is 10.8. The number of halogens is 1. The SMILES string of the molecule is CC(=O)N[C@@H]1[C@@H](O)[C@H](O)[C@@H](CI)O[C@H]1O. The van der Waals surface area contributed by atoms with Crippen LogP contribution >= 0.6 is 22.6 Å². The number of alkyl halides is 1. The van der Waals surface area contributed by atoms with Crippen LogP contribution in [0.1, 0.15) is 6.92 Å². The van der Waals surface area contributed by atoms with E-state index in [2.05, 4.69) is 5.32 Å². The van der Waals surface area contributed by atoms with Gasteiger partial charge in [-0.15, -0.1) is 0 Å². The summed E-state index contributed by atoms with van der Waals surface area (Å²) in [5.41, 5.74) is 0. The Hall–Kier alpha value is 0.0400. The summed E-state index contributed by atoms with van der Waals surface area (Å²) in [6.45, 7) is 1.26. The van der Waals surface area contributed by atoms with E-state index >= 15 is 0 Å². The molecule has 1 fully saturated rings. The number of aliphatic hydroxyl groups is 3. The van der Waals surface area contributed by atoms with Crippen molar-refractivity contribution in [3.8, 4) is 0 Å². The van der Waals surface area contributed by atoms with Crippen molar-refractivity contribution in [1.29, 1.82) is 0 Å². The van der Waals surface area contributed by atoms with Crippen molar-refractivity contribution in [2.75, 3.05) is 4.43 Å². The molecule has 88 valence electrons. The van der Waals surface area contributed by atoms with E-state index in [0.29, 0.717) is 4.43 Å². The van der Waals surface area contributed by atoms with Crippen molar-refractivity contribution in [3.05, 3.63) is 0 Å². The maximum Gasteiger partial charge on any atom is 0.217 e. The topological polar surface area (TPSA) is 99.0 Å². The molecule has 15 heavy (non-hydrogen) atoms. The number of hydrogen-bond acceptors (Lipinski definition) is 5. The van der Waals surface area contributed by atoms with Crippen molar-refractivity contribution in [2.24, 2.45) is 0 Å². The summed E-state index contributed by atoms with van der Waals surface area (Å²) >= 11 is 1.98. The van der Waals surface area contributed by atoms with Gasteiger partial charge in [-0.05, 0) is 0 Å². The summed E-state index contributed by atoms with van der Waals surface area (Å²) in [6, 6.07) is -0.989. The summed E-state index contributed by atoms with van der Waals surface area (Å²) in [4.78, 5) is 10.8. The van der Waals surface area contributed by atoms with Gasteiger partial charge in [0.15, 0.2) is 6.29 Å². The van der Waals surface area contributed by atoms with Crippen LogP contribution in [0, 0.1) is 0 Å². The molecule has 4 N–H and O–H groups in total. The van der Waals surface area contributed by atoms with E-state index in [1.54, 1.807) is 0 Å². The fourth-order valence-corrected chi connectivity index (χ4v) is 2.19. The second-order valence-electron chi connectivity index (χ2n) is 3.43. The molecule has 1 aliphatic heterocycles. The summed E-state index contributed by atoms with van der Waals surface area (Å²) < 4.78 is 5.50. The maximum absolute atomic E-state index is 10.8. The molecule has 0 aliphatic carbocycles. The van der Waals surface area contributed by atoms with Crippen LogP contribution in [-0.2, 0) is 9.53 Å². The zero-order valence-electron chi connectivity index (χ0n) is 8.13. The predicted molar refractivity (Wildman–Crippen MR) is 59.4 cm³/mol. The molecular weight excluding hydrogens is 317 g/mol. The number of nitrogens with one attached hydrogen (secondary N) is 1. The Labute approximate surface area is 101 Å². The molecule has 5 atom stereocenters. The monoisotopic (exact) mass is 331 g/mol. The summed E-state index contributed by atoms with van der Waals surface area (Å²) in [5, 5.41) is 31.1. The van der Waals surface area contributed by atoms with Crippen LogP contribution in [0.3, 0.4) is 0 Å². The van der Waals surface area contributed by atoms with Crippen molar-refractivity contribution >= 4 is 28.5 Å². The Bertz CT molecular complexity index is 239. The number of amides is 1. The van der Waals surface area contributed by atoms with Crippen LogP contribution in [0.15, 0.2) is 0 Å². The van der Waals surface area contributed by atoms with E-state index in [4.69, 9.17) is 4.74 Å². The first-order valence-electron chi connectivity index (χ1n) is 4.50. The highest BCUT2D eigenvalue weighted by Crippen LogP contribution is 2.21. The van der Waals surface area contributed by atoms with Crippen molar-refractivity contribution in [3.63, 3.8) is 0 Å². The lowest BCUT2D eigenvalue weighted by atomic mass is 9.98. The normalized spacial score (nSPS) is 41.3. The van der Waals surface area contributed by atoms with E-state index in [0.717, 1.165) is 0 Å². The first-order valence-corrected chi connectivity index (χ1v) is 6.02. The molecule has 0 aromatic rings. The number of hydrogen-bond donors (Lipinski definition) is 4. The van der Waals surface area contributed by atoms with Gasteiger partial charge >= 0.3 is 0 Å². The Kier molecular flexibility index (Phi) is 4.71. The molecule has 0 aromatic carbocycles. The summed E-state index contributed by atoms with van der Waals surface area (Å²) in [6.07, 6.45) is -4.26. The van der Waals surface area contributed by atoms with Crippen molar-refractivity contribution < 1.29 is 24.9 Å². The lowest BCUT2D eigenvalue weighted by Gasteiger charge is -2.40. The number of rotatable bonds is 2. The zero-order chi connectivity index (χ0) is 11.6. The second kappa shape index (κ2) is 5.39. The van der Waals surface area contributed by atoms with Crippen LogP contribution in [0.5, 0.6) is 0 Å². The van der Waals surface area contributed by atoms with Crippen LogP contribution in [0.2, 0.25) is 0 Å². The zero-order valence-corrected chi connectivity index (χ0v) is 10.3. The number of aliphatic hydroxyl groups excluding tert-OH is 3. The minimum absolute atomic E-state index is 0.401. The van der Waals surface area contributed by atoms with Gasteiger partial charge in [0, 0.05) is 11.4 Å². The molecule has 0 aromatic heterocycles. The summed E-state index contributed by atoms with van der Waals surface area (Å²) in [7, 11) is 0. The Morgan fingerprint density at radius 2 is 2.00 bits per heavy atom. The van der Waals surface area contributed by atoms with Gasteiger partial charge in [-0.2, -0.15) is 0 Å². The third-order valence-electron chi connectivity index (χ3n) is 2.24. The van der Waals surface area contributed by atoms with E-state index in [-0.39, 0.29) is 0 Å². The molecule has 7 heteroatoms. The van der Waals surface area contributed by atoms with Gasteiger partial charge in [-0.3, -0.25) is 4.79 Å². The van der Waals surface area contributed by atoms with E-state index in [1.807, 2.05) is 22.6 Å². The molecule has 0 saturated carbocycles. The largest absolute Gasteiger partial charge is 0.388 e. The third kappa shape index (κ3) is 3.00. The molecule has 0 spiro atoms. The second-order valence-corrected chi connectivity index (χ2v) is 4.31. The Balaban J connectivity index is 2.70. The van der Waals surface area contributed by atoms with Gasteiger partial charge in [0.25, 0.3) is 0 Å². The van der Waals surface area contributed by atoms with Gasteiger partial charge in [0.05, 0.1) is 6.10 Å². The average Bonchev–Trinajstić information content (AvgIpc) is 2.18. The Morgan fingerprint density at radius 1 is 1.40 bits per heavy atom.